The first kappa shape index (κ1) is 19.4. The number of rotatable bonds is 10. The van der Waals surface area contributed by atoms with Crippen molar-refractivity contribution < 1.29 is 13.9 Å². The van der Waals surface area contributed by atoms with Gasteiger partial charge in [-0.3, -0.25) is 0 Å². The molecular weight excluding hydrogens is 343 g/mol. The van der Waals surface area contributed by atoms with Gasteiger partial charge in [0.2, 0.25) is 0 Å². The second-order valence-corrected chi connectivity index (χ2v) is 9.17. The first-order valence-corrected chi connectivity index (χ1v) is 11.7. The van der Waals surface area contributed by atoms with Crippen molar-refractivity contribution in [2.45, 2.75) is 58.3 Å². The number of unbranched alkanes of at least 4 members (excludes halogenated alkanes) is 7. The molecule has 0 atom stereocenters. The van der Waals surface area contributed by atoms with Crippen LogP contribution in [0.15, 0.2) is 48.5 Å². The van der Waals surface area contributed by atoms with Crippen LogP contribution >= 0.6 is 7.94 Å². The van der Waals surface area contributed by atoms with Crippen molar-refractivity contribution in [1.29, 1.82) is 0 Å². The second-order valence-electron chi connectivity index (χ2n) is 7.02. The molecule has 0 N–H and O–H groups in total. The van der Waals surface area contributed by atoms with Crippen molar-refractivity contribution in [3.63, 3.8) is 0 Å². The van der Waals surface area contributed by atoms with Crippen LogP contribution < -0.4 is 9.83 Å². The summed E-state index contributed by atoms with van der Waals surface area (Å²) in [5, 5.41) is 0.707. The second kappa shape index (κ2) is 9.50. The first-order valence-electron chi connectivity index (χ1n) is 9.97. The van der Waals surface area contributed by atoms with Crippen molar-refractivity contribution in [1.82, 2.24) is 0 Å². The zero-order chi connectivity index (χ0) is 18.2. The molecule has 0 bridgehead atoms. The van der Waals surface area contributed by atoms with Gasteiger partial charge in [-0.25, -0.2) is 0 Å². The van der Waals surface area contributed by atoms with Crippen molar-refractivity contribution in [3.8, 4) is 16.9 Å². The van der Waals surface area contributed by atoms with Crippen molar-refractivity contribution in [2.24, 2.45) is 0 Å². The van der Waals surface area contributed by atoms with Crippen LogP contribution in [-0.4, -0.2) is 6.61 Å². The fourth-order valence-corrected chi connectivity index (χ4v) is 5.57. The van der Waals surface area contributed by atoms with Gasteiger partial charge in [-0.05, 0) is 0 Å². The van der Waals surface area contributed by atoms with E-state index in [1.165, 1.54) is 38.5 Å². The molecule has 0 unspecified atom stereocenters. The molecule has 0 spiro atoms. The molecule has 1 heterocycles. The van der Waals surface area contributed by atoms with Crippen molar-refractivity contribution in [3.05, 3.63) is 48.5 Å². The number of benzene rings is 2. The summed E-state index contributed by atoms with van der Waals surface area (Å²) in [5.41, 5.74) is 1.95. The van der Waals surface area contributed by atoms with Crippen LogP contribution in [0.3, 0.4) is 0 Å². The molecule has 2 aromatic carbocycles. The third-order valence-corrected chi connectivity index (χ3v) is 7.14. The molecule has 0 saturated heterocycles. The standard InChI is InChI=1S/C22H30O3P/c1-2-3-4-5-6-7-8-13-18-24-26(23)22-17-12-10-15-20(22)19-14-9-11-16-21(19)25-26/h9-12,14-17,26H,2-8,13,18H2,1H3. The van der Waals surface area contributed by atoms with Gasteiger partial charge in [-0.1, -0.05) is 0 Å². The molecule has 0 amide bonds. The minimum absolute atomic E-state index is 0.487. The Hall–Kier alpha value is -1.41. The minimum atomic E-state index is -3.64. The Morgan fingerprint density at radius 2 is 1.42 bits per heavy atom. The molecule has 0 saturated carbocycles. The fraction of sp³-hybridized carbons (Fsp3) is 0.455. The molecule has 3 nitrogen and oxygen atoms in total. The van der Waals surface area contributed by atoms with Crippen molar-refractivity contribution in [2.75, 3.05) is 6.61 Å². The number of hydrogen-bond donors (Lipinski definition) is 0. The Kier molecular flexibility index (Phi) is 7.07. The number of para-hydroxylation sites is 1. The summed E-state index contributed by atoms with van der Waals surface area (Å²) in [6.07, 6.45) is 9.84. The van der Waals surface area contributed by atoms with Gasteiger partial charge in [-0.15, -0.1) is 0 Å². The Morgan fingerprint density at radius 1 is 0.808 bits per heavy atom. The molecule has 4 heteroatoms. The van der Waals surface area contributed by atoms with Crippen LogP contribution in [0.4, 0.5) is 0 Å². The van der Waals surface area contributed by atoms with Gasteiger partial charge in [0.25, 0.3) is 0 Å². The van der Waals surface area contributed by atoms with Crippen LogP contribution in [-0.2, 0) is 9.42 Å². The van der Waals surface area contributed by atoms with Crippen LogP contribution in [0.5, 0.6) is 5.75 Å². The molecule has 1 radical (unpaired) electrons. The summed E-state index contributed by atoms with van der Waals surface area (Å²) in [5.74, 6) is 0.656. The van der Waals surface area contributed by atoms with Gasteiger partial charge in [0, 0.05) is 0 Å². The normalized spacial score (nSPS) is 15.6. The van der Waals surface area contributed by atoms with E-state index in [9.17, 15) is 4.89 Å². The quantitative estimate of drug-likeness (QED) is 0.354. The van der Waals surface area contributed by atoms with Gasteiger partial charge < -0.3 is 0 Å². The first-order chi connectivity index (χ1) is 12.7. The van der Waals surface area contributed by atoms with E-state index in [2.05, 4.69) is 6.92 Å². The predicted octanol–water partition coefficient (Wildman–Crippen LogP) is 6.45. The Labute approximate surface area is 157 Å². The topological polar surface area (TPSA) is 38.4 Å². The maximum absolute atomic E-state index is 13.4. The summed E-state index contributed by atoms with van der Waals surface area (Å²) in [4.78, 5) is 13.4. The Balaban J connectivity index is 1.54. The van der Waals surface area contributed by atoms with Crippen LogP contribution in [0, 0.1) is 0 Å². The molecule has 141 valence electrons. The van der Waals surface area contributed by atoms with Crippen LogP contribution in [0.1, 0.15) is 58.3 Å². The average molecular weight is 373 g/mol. The van der Waals surface area contributed by atoms with Crippen molar-refractivity contribution >= 4 is 13.2 Å². The van der Waals surface area contributed by atoms with Gasteiger partial charge in [-0.2, -0.15) is 0 Å². The number of hydrogen-bond acceptors (Lipinski definition) is 2. The monoisotopic (exact) mass is 373 g/mol. The van der Waals surface area contributed by atoms with E-state index in [-0.39, 0.29) is 0 Å². The van der Waals surface area contributed by atoms with Crippen LogP contribution in [0.25, 0.3) is 11.1 Å². The molecule has 3 rings (SSSR count). The summed E-state index contributed by atoms with van der Waals surface area (Å²) in [7, 11) is -3.64. The van der Waals surface area contributed by atoms with E-state index in [1.54, 1.807) is 0 Å². The van der Waals surface area contributed by atoms with Gasteiger partial charge in [0.1, 0.15) is 0 Å². The third kappa shape index (κ3) is 4.65. The summed E-state index contributed by atoms with van der Waals surface area (Å²) in [6.45, 7) is 2.73. The summed E-state index contributed by atoms with van der Waals surface area (Å²) >= 11 is 0. The zero-order valence-electron chi connectivity index (χ0n) is 15.7. The van der Waals surface area contributed by atoms with E-state index < -0.39 is 7.94 Å². The third-order valence-electron chi connectivity index (χ3n) is 4.97. The molecule has 0 aliphatic carbocycles. The molecule has 0 aromatic heterocycles. The van der Waals surface area contributed by atoms with E-state index >= 15 is 0 Å². The summed E-state index contributed by atoms with van der Waals surface area (Å²) < 4.78 is 11.7. The van der Waals surface area contributed by atoms with Gasteiger partial charge in [0.15, 0.2) is 0 Å². The molecular formula is C22H30O3P. The van der Waals surface area contributed by atoms with Gasteiger partial charge >= 0.3 is 157 Å². The Morgan fingerprint density at radius 3 is 2.19 bits per heavy atom. The molecule has 2 aromatic rings. The average Bonchev–Trinajstić information content (AvgIpc) is 2.67. The van der Waals surface area contributed by atoms with Crippen LogP contribution in [0.2, 0.25) is 0 Å². The predicted molar refractivity (Wildman–Crippen MR) is 110 cm³/mol. The van der Waals surface area contributed by atoms with E-state index in [0.717, 1.165) is 24.0 Å². The SMILES string of the molecule is CCCCCCCCCCO[PH]1([O])Oc2ccccc2-c2ccccc21. The molecule has 0 fully saturated rings. The molecule has 1 aliphatic heterocycles. The zero-order valence-corrected chi connectivity index (χ0v) is 16.7. The maximum atomic E-state index is 13.4. The number of fused-ring (bicyclic) bond motifs is 3. The van der Waals surface area contributed by atoms with Gasteiger partial charge in [0.05, 0.1) is 0 Å². The fourth-order valence-electron chi connectivity index (χ4n) is 3.51. The summed E-state index contributed by atoms with van der Waals surface area (Å²) in [6, 6.07) is 15.5. The van der Waals surface area contributed by atoms with E-state index in [0.29, 0.717) is 17.7 Å². The van der Waals surface area contributed by atoms with E-state index in [4.69, 9.17) is 9.05 Å². The Bertz CT molecular complexity index is 703. The molecule has 26 heavy (non-hydrogen) atoms. The molecule has 1 aliphatic rings. The van der Waals surface area contributed by atoms with E-state index in [1.807, 2.05) is 48.5 Å².